The fourth-order valence-electron chi connectivity index (χ4n) is 3.57. The van der Waals surface area contributed by atoms with Gasteiger partial charge in [0, 0.05) is 31.7 Å². The molecule has 0 radical (unpaired) electrons. The van der Waals surface area contributed by atoms with Gasteiger partial charge in [0.05, 0.1) is 5.92 Å². The average Bonchev–Trinajstić information content (AvgIpc) is 3.10. The van der Waals surface area contributed by atoms with Crippen LogP contribution in [0, 0.1) is 5.92 Å². The van der Waals surface area contributed by atoms with Crippen LogP contribution in [0.3, 0.4) is 0 Å². The van der Waals surface area contributed by atoms with Crippen molar-refractivity contribution in [3.8, 4) is 0 Å². The number of likely N-dealkylation sites (tertiary alicyclic amines) is 1. The van der Waals surface area contributed by atoms with Crippen LogP contribution in [0.4, 0.5) is 0 Å². The zero-order valence-electron chi connectivity index (χ0n) is 13.4. The zero-order chi connectivity index (χ0) is 15.4. The first-order valence-corrected chi connectivity index (χ1v) is 8.54. The molecule has 2 N–H and O–H groups in total. The number of hydrogen-bond acceptors (Lipinski definition) is 3. The second kappa shape index (κ2) is 7.25. The van der Waals surface area contributed by atoms with Gasteiger partial charge in [-0.2, -0.15) is 0 Å². The highest BCUT2D eigenvalue weighted by Gasteiger charge is 2.28. The summed E-state index contributed by atoms with van der Waals surface area (Å²) in [7, 11) is 0. The minimum absolute atomic E-state index is 0.182. The van der Waals surface area contributed by atoms with E-state index >= 15 is 0 Å². The Bertz CT molecular complexity index is 476. The van der Waals surface area contributed by atoms with E-state index < -0.39 is 0 Å². The molecule has 2 aliphatic rings. The Hall–Kier alpha value is -1.39. The highest BCUT2D eigenvalue weighted by molar-refractivity contribution is 5.79. The van der Waals surface area contributed by atoms with E-state index in [0.717, 1.165) is 45.4 Å². The summed E-state index contributed by atoms with van der Waals surface area (Å²) in [6, 6.07) is 11.5. The first-order valence-electron chi connectivity index (χ1n) is 8.54. The summed E-state index contributed by atoms with van der Waals surface area (Å²) in [5, 5.41) is 6.52. The van der Waals surface area contributed by atoms with Gasteiger partial charge in [0.1, 0.15) is 0 Å². The quantitative estimate of drug-likeness (QED) is 0.893. The molecule has 1 aromatic carbocycles. The van der Waals surface area contributed by atoms with Crippen LogP contribution in [0.15, 0.2) is 30.3 Å². The van der Waals surface area contributed by atoms with Crippen LogP contribution < -0.4 is 10.6 Å². The molecular weight excluding hydrogens is 274 g/mol. The molecule has 4 heteroatoms. The number of nitrogens with zero attached hydrogens (tertiary/aromatic N) is 1. The van der Waals surface area contributed by atoms with Crippen LogP contribution in [-0.4, -0.2) is 43.0 Å². The molecule has 2 aliphatic heterocycles. The maximum atomic E-state index is 12.2. The molecule has 0 aliphatic carbocycles. The third-order valence-electron chi connectivity index (χ3n) is 5.14. The molecule has 3 rings (SSSR count). The van der Waals surface area contributed by atoms with Crippen LogP contribution in [0.5, 0.6) is 0 Å². The number of hydrogen-bond donors (Lipinski definition) is 2. The summed E-state index contributed by atoms with van der Waals surface area (Å²) in [6.07, 6.45) is 3.10. The molecule has 4 nitrogen and oxygen atoms in total. The van der Waals surface area contributed by atoms with E-state index in [9.17, 15) is 4.79 Å². The first-order chi connectivity index (χ1) is 10.7. The van der Waals surface area contributed by atoms with Crippen molar-refractivity contribution in [3.05, 3.63) is 35.9 Å². The highest BCUT2D eigenvalue weighted by atomic mass is 16.2. The van der Waals surface area contributed by atoms with Crippen LogP contribution in [0.2, 0.25) is 0 Å². The number of carbonyl (C=O) groups excluding carboxylic acids is 1. The molecule has 2 fully saturated rings. The average molecular weight is 301 g/mol. The fraction of sp³-hybridized carbons (Fsp3) is 0.611. The molecule has 0 spiro atoms. The van der Waals surface area contributed by atoms with Gasteiger partial charge >= 0.3 is 0 Å². The van der Waals surface area contributed by atoms with E-state index in [-0.39, 0.29) is 11.8 Å². The molecule has 22 heavy (non-hydrogen) atoms. The van der Waals surface area contributed by atoms with Gasteiger partial charge in [0.15, 0.2) is 0 Å². The lowest BCUT2D eigenvalue weighted by molar-refractivity contribution is -0.125. The Labute approximate surface area is 133 Å². The summed E-state index contributed by atoms with van der Waals surface area (Å²) in [5.41, 5.74) is 1.38. The molecule has 1 amide bonds. The third kappa shape index (κ3) is 3.68. The molecular formula is C18H27N3O. The third-order valence-corrected chi connectivity index (χ3v) is 5.14. The predicted molar refractivity (Wildman–Crippen MR) is 88.6 cm³/mol. The minimum Gasteiger partial charge on any atom is -0.353 e. The van der Waals surface area contributed by atoms with Gasteiger partial charge in [-0.1, -0.05) is 30.3 Å². The van der Waals surface area contributed by atoms with Crippen molar-refractivity contribution >= 4 is 5.91 Å². The van der Waals surface area contributed by atoms with Crippen molar-refractivity contribution in [2.45, 2.75) is 38.3 Å². The molecule has 2 heterocycles. The Morgan fingerprint density at radius 1 is 1.23 bits per heavy atom. The van der Waals surface area contributed by atoms with Crippen molar-refractivity contribution in [2.75, 3.05) is 26.2 Å². The van der Waals surface area contributed by atoms with E-state index in [2.05, 4.69) is 52.8 Å². The van der Waals surface area contributed by atoms with Gasteiger partial charge in [-0.3, -0.25) is 9.69 Å². The largest absolute Gasteiger partial charge is 0.353 e. The minimum atomic E-state index is 0.182. The number of carbonyl (C=O) groups is 1. The molecule has 2 saturated heterocycles. The van der Waals surface area contributed by atoms with Gasteiger partial charge in [-0.05, 0) is 38.3 Å². The van der Waals surface area contributed by atoms with Crippen molar-refractivity contribution in [1.82, 2.24) is 15.5 Å². The number of amides is 1. The van der Waals surface area contributed by atoms with Gasteiger partial charge in [-0.25, -0.2) is 0 Å². The van der Waals surface area contributed by atoms with Gasteiger partial charge in [-0.15, -0.1) is 0 Å². The van der Waals surface area contributed by atoms with E-state index in [1.54, 1.807) is 0 Å². The molecule has 0 saturated carbocycles. The molecule has 0 aromatic heterocycles. The lowest BCUT2D eigenvalue weighted by Crippen LogP contribution is -2.47. The second-order valence-electron chi connectivity index (χ2n) is 6.60. The fourth-order valence-corrected chi connectivity index (χ4v) is 3.57. The van der Waals surface area contributed by atoms with E-state index in [1.807, 2.05) is 0 Å². The lowest BCUT2D eigenvalue weighted by atomic mass is 9.99. The normalized spacial score (nSPS) is 25.0. The van der Waals surface area contributed by atoms with Crippen molar-refractivity contribution < 1.29 is 4.79 Å². The van der Waals surface area contributed by atoms with Gasteiger partial charge < -0.3 is 10.6 Å². The number of benzene rings is 1. The summed E-state index contributed by atoms with van der Waals surface area (Å²) >= 11 is 0. The smallest absolute Gasteiger partial charge is 0.224 e. The standard InChI is InChI=1S/C18H27N3O/c1-14(15-5-3-2-4-6-15)21-11-8-17(9-12-21)20-18(22)16-7-10-19-13-16/h2-6,14,16-17,19H,7-13H2,1H3,(H,20,22). The summed E-state index contributed by atoms with van der Waals surface area (Å²) in [4.78, 5) is 14.7. The van der Waals surface area contributed by atoms with E-state index in [1.165, 1.54) is 5.56 Å². The van der Waals surface area contributed by atoms with Crippen LogP contribution in [0.25, 0.3) is 0 Å². The van der Waals surface area contributed by atoms with Crippen LogP contribution >= 0.6 is 0 Å². The first kappa shape index (κ1) is 15.5. The monoisotopic (exact) mass is 301 g/mol. The van der Waals surface area contributed by atoms with Crippen molar-refractivity contribution in [3.63, 3.8) is 0 Å². The Kier molecular flexibility index (Phi) is 5.11. The molecule has 2 atom stereocenters. The maximum absolute atomic E-state index is 12.2. The summed E-state index contributed by atoms with van der Waals surface area (Å²) in [5.74, 6) is 0.431. The van der Waals surface area contributed by atoms with Crippen LogP contribution in [-0.2, 0) is 4.79 Å². The summed E-state index contributed by atoms with van der Waals surface area (Å²) in [6.45, 7) is 6.22. The van der Waals surface area contributed by atoms with E-state index in [4.69, 9.17) is 0 Å². The van der Waals surface area contributed by atoms with Gasteiger partial charge in [0.25, 0.3) is 0 Å². The number of rotatable bonds is 4. The molecule has 120 valence electrons. The van der Waals surface area contributed by atoms with Gasteiger partial charge in [0.2, 0.25) is 5.91 Å². The Morgan fingerprint density at radius 2 is 1.95 bits per heavy atom. The van der Waals surface area contributed by atoms with Crippen molar-refractivity contribution in [2.24, 2.45) is 5.92 Å². The number of piperidine rings is 1. The second-order valence-corrected chi connectivity index (χ2v) is 6.60. The lowest BCUT2D eigenvalue weighted by Gasteiger charge is -2.36. The van der Waals surface area contributed by atoms with E-state index in [0.29, 0.717) is 12.1 Å². The maximum Gasteiger partial charge on any atom is 0.224 e. The summed E-state index contributed by atoms with van der Waals surface area (Å²) < 4.78 is 0. The van der Waals surface area contributed by atoms with Crippen LogP contribution in [0.1, 0.15) is 37.8 Å². The zero-order valence-corrected chi connectivity index (χ0v) is 13.4. The molecule has 0 bridgehead atoms. The molecule has 2 unspecified atom stereocenters. The predicted octanol–water partition coefficient (Wildman–Crippen LogP) is 1.94. The highest BCUT2D eigenvalue weighted by Crippen LogP contribution is 2.24. The Morgan fingerprint density at radius 3 is 2.59 bits per heavy atom. The topological polar surface area (TPSA) is 44.4 Å². The Balaban J connectivity index is 1.47. The number of nitrogens with one attached hydrogen (secondary N) is 2. The van der Waals surface area contributed by atoms with Crippen molar-refractivity contribution in [1.29, 1.82) is 0 Å². The molecule has 1 aromatic rings. The SMILES string of the molecule is CC(c1ccccc1)N1CCC(NC(=O)C2CCNC2)CC1.